The standard InChI is InChI=1S/C16H16O2/c1-2-3-10-17-12-8-9-14-13-6-4-5-7-15(13)18-16(14)11-12/h4-9,11H,2-3,10H2,1H3. The maximum absolute atomic E-state index is 5.82. The average molecular weight is 240 g/mol. The molecule has 18 heavy (non-hydrogen) atoms. The summed E-state index contributed by atoms with van der Waals surface area (Å²) in [5, 5.41) is 2.31. The zero-order valence-corrected chi connectivity index (χ0v) is 10.5. The first-order valence-corrected chi connectivity index (χ1v) is 6.42. The molecule has 0 amide bonds. The van der Waals surface area contributed by atoms with Gasteiger partial charge in [0.15, 0.2) is 0 Å². The molecule has 0 aliphatic rings. The molecule has 0 saturated carbocycles. The molecule has 3 aromatic rings. The van der Waals surface area contributed by atoms with E-state index in [1.807, 2.05) is 30.3 Å². The van der Waals surface area contributed by atoms with Crippen LogP contribution >= 0.6 is 0 Å². The number of benzene rings is 2. The minimum Gasteiger partial charge on any atom is -0.493 e. The molecule has 0 unspecified atom stereocenters. The van der Waals surface area contributed by atoms with E-state index in [1.54, 1.807) is 0 Å². The summed E-state index contributed by atoms with van der Waals surface area (Å²) in [5.74, 6) is 0.884. The Balaban J connectivity index is 1.99. The first kappa shape index (κ1) is 11.1. The molecule has 92 valence electrons. The molecule has 2 aromatic carbocycles. The Hall–Kier alpha value is -1.96. The Bertz CT molecular complexity index is 667. The fourth-order valence-corrected chi connectivity index (χ4v) is 2.13. The van der Waals surface area contributed by atoms with Crippen LogP contribution in [0.2, 0.25) is 0 Å². The van der Waals surface area contributed by atoms with Gasteiger partial charge in [-0.1, -0.05) is 31.5 Å². The van der Waals surface area contributed by atoms with Crippen molar-refractivity contribution in [2.24, 2.45) is 0 Å². The second-order valence-corrected chi connectivity index (χ2v) is 4.46. The highest BCUT2D eigenvalue weighted by Gasteiger charge is 2.06. The van der Waals surface area contributed by atoms with Gasteiger partial charge >= 0.3 is 0 Å². The van der Waals surface area contributed by atoms with Crippen molar-refractivity contribution in [3.8, 4) is 5.75 Å². The third kappa shape index (κ3) is 1.94. The first-order chi connectivity index (χ1) is 8.88. The monoisotopic (exact) mass is 240 g/mol. The molecular formula is C16H16O2. The number of furan rings is 1. The third-order valence-corrected chi connectivity index (χ3v) is 3.12. The molecule has 1 aromatic heterocycles. The second kappa shape index (κ2) is 4.73. The average Bonchev–Trinajstić information content (AvgIpc) is 2.76. The highest BCUT2D eigenvalue weighted by molar-refractivity contribution is 6.05. The molecule has 2 nitrogen and oxygen atoms in total. The Kier molecular flexibility index (Phi) is 2.93. The number of hydrogen-bond acceptors (Lipinski definition) is 2. The van der Waals surface area contributed by atoms with Gasteiger partial charge in [0.05, 0.1) is 6.61 Å². The van der Waals surface area contributed by atoms with Gasteiger partial charge in [-0.15, -0.1) is 0 Å². The molecule has 0 aliphatic carbocycles. The lowest BCUT2D eigenvalue weighted by atomic mass is 10.1. The Labute approximate surface area is 106 Å². The van der Waals surface area contributed by atoms with Gasteiger partial charge in [0.2, 0.25) is 0 Å². The van der Waals surface area contributed by atoms with Gasteiger partial charge in [0.1, 0.15) is 16.9 Å². The largest absolute Gasteiger partial charge is 0.493 e. The maximum atomic E-state index is 5.82. The highest BCUT2D eigenvalue weighted by atomic mass is 16.5. The summed E-state index contributed by atoms with van der Waals surface area (Å²) < 4.78 is 11.5. The molecule has 0 saturated heterocycles. The summed E-state index contributed by atoms with van der Waals surface area (Å²) in [5.41, 5.74) is 1.82. The summed E-state index contributed by atoms with van der Waals surface area (Å²) in [4.78, 5) is 0. The van der Waals surface area contributed by atoms with E-state index in [1.165, 1.54) is 0 Å². The van der Waals surface area contributed by atoms with Crippen molar-refractivity contribution in [2.75, 3.05) is 6.61 Å². The molecule has 0 bridgehead atoms. The van der Waals surface area contributed by atoms with Crippen molar-refractivity contribution in [3.63, 3.8) is 0 Å². The molecular weight excluding hydrogens is 224 g/mol. The highest BCUT2D eigenvalue weighted by Crippen LogP contribution is 2.30. The number of para-hydroxylation sites is 1. The fourth-order valence-electron chi connectivity index (χ4n) is 2.13. The Morgan fingerprint density at radius 1 is 1.00 bits per heavy atom. The summed E-state index contributed by atoms with van der Waals surface area (Å²) >= 11 is 0. The van der Waals surface area contributed by atoms with Crippen molar-refractivity contribution < 1.29 is 9.15 Å². The van der Waals surface area contributed by atoms with E-state index in [0.29, 0.717) is 0 Å². The summed E-state index contributed by atoms with van der Waals surface area (Å²) in [6, 6.07) is 14.2. The van der Waals surface area contributed by atoms with Crippen LogP contribution in [0.5, 0.6) is 5.75 Å². The molecule has 0 aliphatic heterocycles. The Morgan fingerprint density at radius 3 is 2.72 bits per heavy atom. The van der Waals surface area contributed by atoms with Gasteiger partial charge in [-0.05, 0) is 24.6 Å². The van der Waals surface area contributed by atoms with E-state index < -0.39 is 0 Å². The van der Waals surface area contributed by atoms with Crippen LogP contribution in [0, 0.1) is 0 Å². The van der Waals surface area contributed by atoms with Crippen molar-refractivity contribution in [3.05, 3.63) is 42.5 Å². The van der Waals surface area contributed by atoms with Crippen molar-refractivity contribution >= 4 is 21.9 Å². The number of unbranched alkanes of at least 4 members (excludes halogenated alkanes) is 1. The number of ether oxygens (including phenoxy) is 1. The zero-order valence-electron chi connectivity index (χ0n) is 10.5. The van der Waals surface area contributed by atoms with Gasteiger partial charge in [-0.2, -0.15) is 0 Å². The molecule has 1 heterocycles. The van der Waals surface area contributed by atoms with Gasteiger partial charge < -0.3 is 9.15 Å². The number of rotatable bonds is 4. The van der Waals surface area contributed by atoms with Crippen LogP contribution in [0.3, 0.4) is 0 Å². The first-order valence-electron chi connectivity index (χ1n) is 6.42. The Morgan fingerprint density at radius 2 is 1.83 bits per heavy atom. The summed E-state index contributed by atoms with van der Waals surface area (Å²) in [6.45, 7) is 2.92. The lowest BCUT2D eigenvalue weighted by Crippen LogP contribution is -1.95. The van der Waals surface area contributed by atoms with Crippen LogP contribution in [0.4, 0.5) is 0 Å². The molecule has 0 atom stereocenters. The molecule has 0 N–H and O–H groups in total. The van der Waals surface area contributed by atoms with E-state index in [2.05, 4.69) is 19.1 Å². The van der Waals surface area contributed by atoms with E-state index >= 15 is 0 Å². The van der Waals surface area contributed by atoms with Crippen molar-refractivity contribution in [2.45, 2.75) is 19.8 Å². The summed E-state index contributed by atoms with van der Waals surface area (Å²) in [7, 11) is 0. The van der Waals surface area contributed by atoms with E-state index in [-0.39, 0.29) is 0 Å². The van der Waals surface area contributed by atoms with Gasteiger partial charge in [-0.3, -0.25) is 0 Å². The predicted octanol–water partition coefficient (Wildman–Crippen LogP) is 4.76. The fraction of sp³-hybridized carbons (Fsp3) is 0.250. The zero-order chi connectivity index (χ0) is 12.4. The number of fused-ring (bicyclic) bond motifs is 3. The van der Waals surface area contributed by atoms with Crippen molar-refractivity contribution in [1.82, 2.24) is 0 Å². The molecule has 0 radical (unpaired) electrons. The minimum absolute atomic E-state index is 0.766. The van der Waals surface area contributed by atoms with Crippen LogP contribution in [0.25, 0.3) is 21.9 Å². The van der Waals surface area contributed by atoms with E-state index in [9.17, 15) is 0 Å². The molecule has 0 spiro atoms. The van der Waals surface area contributed by atoms with Crippen molar-refractivity contribution in [1.29, 1.82) is 0 Å². The summed E-state index contributed by atoms with van der Waals surface area (Å²) in [6.07, 6.45) is 2.23. The van der Waals surface area contributed by atoms with Gasteiger partial charge in [-0.25, -0.2) is 0 Å². The lowest BCUT2D eigenvalue weighted by molar-refractivity contribution is 0.309. The van der Waals surface area contributed by atoms with E-state index in [0.717, 1.165) is 47.1 Å². The molecule has 2 heteroatoms. The van der Waals surface area contributed by atoms with E-state index in [4.69, 9.17) is 9.15 Å². The molecule has 3 rings (SSSR count). The van der Waals surface area contributed by atoms with Crippen LogP contribution in [0.15, 0.2) is 46.9 Å². The maximum Gasteiger partial charge on any atom is 0.139 e. The van der Waals surface area contributed by atoms with Crippen LogP contribution in [-0.4, -0.2) is 6.61 Å². The van der Waals surface area contributed by atoms with Crippen LogP contribution < -0.4 is 4.74 Å². The second-order valence-electron chi connectivity index (χ2n) is 4.46. The van der Waals surface area contributed by atoms with Gasteiger partial charge in [0, 0.05) is 16.8 Å². The SMILES string of the molecule is CCCCOc1ccc2c(c1)oc1ccccc12. The predicted molar refractivity (Wildman–Crippen MR) is 74.1 cm³/mol. The number of hydrogen-bond donors (Lipinski definition) is 0. The smallest absolute Gasteiger partial charge is 0.139 e. The lowest BCUT2D eigenvalue weighted by Gasteiger charge is -2.04. The topological polar surface area (TPSA) is 22.4 Å². The minimum atomic E-state index is 0.766. The quantitative estimate of drug-likeness (QED) is 0.613. The van der Waals surface area contributed by atoms with Crippen LogP contribution in [-0.2, 0) is 0 Å². The normalized spacial score (nSPS) is 11.2. The van der Waals surface area contributed by atoms with Gasteiger partial charge in [0.25, 0.3) is 0 Å². The molecule has 0 fully saturated rings. The van der Waals surface area contributed by atoms with Crippen LogP contribution in [0.1, 0.15) is 19.8 Å². The third-order valence-electron chi connectivity index (χ3n) is 3.12.